The molecule has 2 fully saturated rings. The Morgan fingerprint density at radius 3 is 2.05 bits per heavy atom. The van der Waals surface area contributed by atoms with E-state index in [9.17, 15) is 27.6 Å². The number of alkyl halides is 3. The number of carbonyl (C=O) groups is 4. The van der Waals surface area contributed by atoms with E-state index in [0.717, 1.165) is 26.1 Å². The molecule has 12 nitrogen and oxygen atoms in total. The number of amides is 3. The number of aliphatic carboxylic acids is 1. The van der Waals surface area contributed by atoms with E-state index in [1.54, 1.807) is 21.9 Å². The third-order valence-electron chi connectivity index (χ3n) is 6.26. The van der Waals surface area contributed by atoms with Crippen LogP contribution in [-0.2, 0) is 14.4 Å². The standard InChI is InChI=1S/C23H34N4O6.C2HF3O2/c1-31-18-14-17(15-19(32-2)22(18)33-3)23(30)27(11-5-10-25-9-4-6-20(25)28)16-21(29)26-12-7-24-8-13-26;3-2(4,5)1(6)7/h14-15,24H,4-13,16H2,1-3H3;(H,6,7). The van der Waals surface area contributed by atoms with Gasteiger partial charge in [0.05, 0.1) is 21.3 Å². The zero-order chi connectivity index (χ0) is 29.9. The largest absolute Gasteiger partial charge is 0.493 e. The number of likely N-dealkylation sites (tertiary alicyclic amines) is 1. The molecule has 3 rings (SSSR count). The number of piperazine rings is 1. The predicted octanol–water partition coefficient (Wildman–Crippen LogP) is 1.23. The molecule has 3 amide bonds. The number of rotatable bonds is 10. The number of hydrogen-bond acceptors (Lipinski definition) is 8. The minimum absolute atomic E-state index is 0.0244. The van der Waals surface area contributed by atoms with Crippen molar-refractivity contribution in [1.82, 2.24) is 20.0 Å². The van der Waals surface area contributed by atoms with Crippen LogP contribution >= 0.6 is 0 Å². The SMILES string of the molecule is COc1cc(C(=O)N(CCCN2CCCC2=O)CC(=O)N2CCNCC2)cc(OC)c1OC.O=C(O)C(F)(F)F. The lowest BCUT2D eigenvalue weighted by Gasteiger charge is -2.31. The van der Waals surface area contributed by atoms with Gasteiger partial charge in [-0.05, 0) is 25.0 Å². The van der Waals surface area contributed by atoms with Crippen molar-refractivity contribution in [3.05, 3.63) is 17.7 Å². The Hall–Kier alpha value is -3.75. The number of nitrogens with zero attached hydrogens (tertiary/aromatic N) is 3. The maximum absolute atomic E-state index is 13.5. The number of benzene rings is 1. The molecular weight excluding hydrogens is 541 g/mol. The number of nitrogens with one attached hydrogen (secondary N) is 1. The first-order chi connectivity index (χ1) is 18.9. The van der Waals surface area contributed by atoms with Gasteiger partial charge < -0.3 is 39.3 Å². The summed E-state index contributed by atoms with van der Waals surface area (Å²) in [4.78, 5) is 52.4. The number of halogens is 3. The van der Waals surface area contributed by atoms with E-state index in [0.29, 0.717) is 61.8 Å². The molecule has 0 bridgehead atoms. The van der Waals surface area contributed by atoms with Gasteiger partial charge in [0.15, 0.2) is 11.5 Å². The number of carbonyl (C=O) groups excluding carboxylic acids is 3. The Balaban J connectivity index is 0.000000708. The van der Waals surface area contributed by atoms with Crippen LogP contribution in [-0.4, -0.2) is 123 Å². The van der Waals surface area contributed by atoms with Crippen LogP contribution in [0.5, 0.6) is 17.2 Å². The van der Waals surface area contributed by atoms with Crippen molar-refractivity contribution in [2.45, 2.75) is 25.4 Å². The summed E-state index contributed by atoms with van der Waals surface area (Å²) in [5.41, 5.74) is 0.342. The molecule has 40 heavy (non-hydrogen) atoms. The highest BCUT2D eigenvalue weighted by molar-refractivity contribution is 5.97. The van der Waals surface area contributed by atoms with Gasteiger partial charge in [-0.25, -0.2) is 4.79 Å². The summed E-state index contributed by atoms with van der Waals surface area (Å²) >= 11 is 0. The van der Waals surface area contributed by atoms with Gasteiger partial charge in [0.25, 0.3) is 5.91 Å². The number of carboxylic acid groups (broad SMARTS) is 1. The van der Waals surface area contributed by atoms with Crippen molar-refractivity contribution in [3.63, 3.8) is 0 Å². The fourth-order valence-corrected chi connectivity index (χ4v) is 4.21. The Labute approximate surface area is 229 Å². The molecule has 0 spiro atoms. The Morgan fingerprint density at radius 1 is 1.02 bits per heavy atom. The average molecular weight is 577 g/mol. The minimum Gasteiger partial charge on any atom is -0.493 e. The van der Waals surface area contributed by atoms with Gasteiger partial charge >= 0.3 is 12.1 Å². The van der Waals surface area contributed by atoms with E-state index in [-0.39, 0.29) is 24.3 Å². The summed E-state index contributed by atoms with van der Waals surface area (Å²) in [6.45, 7) is 4.37. The zero-order valence-corrected chi connectivity index (χ0v) is 22.7. The number of carboxylic acids is 1. The van der Waals surface area contributed by atoms with Crippen LogP contribution < -0.4 is 19.5 Å². The smallest absolute Gasteiger partial charge is 0.490 e. The van der Waals surface area contributed by atoms with E-state index in [1.165, 1.54) is 21.3 Å². The summed E-state index contributed by atoms with van der Waals surface area (Å²) in [6, 6.07) is 3.19. The first-order valence-electron chi connectivity index (χ1n) is 12.6. The van der Waals surface area contributed by atoms with Crippen molar-refractivity contribution >= 4 is 23.7 Å². The van der Waals surface area contributed by atoms with Gasteiger partial charge in [-0.2, -0.15) is 13.2 Å². The van der Waals surface area contributed by atoms with Crippen LogP contribution in [0.1, 0.15) is 29.6 Å². The summed E-state index contributed by atoms with van der Waals surface area (Å²) in [6.07, 6.45) is -3.04. The molecule has 0 aliphatic carbocycles. The molecule has 0 unspecified atom stereocenters. The van der Waals surface area contributed by atoms with E-state index in [1.807, 2.05) is 4.90 Å². The Kier molecular flexibility index (Phi) is 12.3. The summed E-state index contributed by atoms with van der Waals surface area (Å²) < 4.78 is 47.9. The maximum Gasteiger partial charge on any atom is 0.490 e. The van der Waals surface area contributed by atoms with Crippen LogP contribution in [0.2, 0.25) is 0 Å². The molecule has 2 N–H and O–H groups in total. The van der Waals surface area contributed by atoms with E-state index in [4.69, 9.17) is 24.1 Å². The van der Waals surface area contributed by atoms with Crippen molar-refractivity contribution < 1.29 is 51.7 Å². The van der Waals surface area contributed by atoms with Crippen molar-refractivity contribution in [2.75, 3.05) is 73.7 Å². The highest BCUT2D eigenvalue weighted by Crippen LogP contribution is 2.38. The lowest BCUT2D eigenvalue weighted by molar-refractivity contribution is -0.192. The molecule has 0 atom stereocenters. The molecule has 0 aromatic heterocycles. The van der Waals surface area contributed by atoms with Crippen molar-refractivity contribution in [3.8, 4) is 17.2 Å². The molecule has 2 heterocycles. The van der Waals surface area contributed by atoms with Crippen molar-refractivity contribution in [2.24, 2.45) is 0 Å². The lowest BCUT2D eigenvalue weighted by Crippen LogP contribution is -2.50. The molecule has 2 saturated heterocycles. The van der Waals surface area contributed by atoms with E-state index in [2.05, 4.69) is 5.32 Å². The molecule has 2 aliphatic rings. The quantitative estimate of drug-likeness (QED) is 0.421. The third-order valence-corrected chi connectivity index (χ3v) is 6.26. The summed E-state index contributed by atoms with van der Waals surface area (Å²) in [5, 5.41) is 10.4. The fraction of sp³-hybridized carbons (Fsp3) is 0.600. The van der Waals surface area contributed by atoms with Crippen LogP contribution in [0.15, 0.2) is 12.1 Å². The van der Waals surface area contributed by atoms with Crippen LogP contribution in [0, 0.1) is 0 Å². The van der Waals surface area contributed by atoms with Gasteiger partial charge in [-0.15, -0.1) is 0 Å². The normalized spacial score (nSPS) is 15.2. The monoisotopic (exact) mass is 576 g/mol. The van der Waals surface area contributed by atoms with Gasteiger partial charge in [0.2, 0.25) is 17.6 Å². The van der Waals surface area contributed by atoms with Gasteiger partial charge in [0.1, 0.15) is 6.54 Å². The molecular formula is C25H35F3N4O8. The highest BCUT2D eigenvalue weighted by atomic mass is 19.4. The summed E-state index contributed by atoms with van der Waals surface area (Å²) in [7, 11) is 4.48. The van der Waals surface area contributed by atoms with Gasteiger partial charge in [0, 0.05) is 57.8 Å². The second-order valence-corrected chi connectivity index (χ2v) is 8.91. The second-order valence-electron chi connectivity index (χ2n) is 8.91. The van der Waals surface area contributed by atoms with Crippen LogP contribution in [0.25, 0.3) is 0 Å². The lowest BCUT2D eigenvalue weighted by atomic mass is 10.1. The van der Waals surface area contributed by atoms with Gasteiger partial charge in [-0.3, -0.25) is 14.4 Å². The van der Waals surface area contributed by atoms with Crippen LogP contribution in [0.4, 0.5) is 13.2 Å². The Morgan fingerprint density at radius 2 is 1.60 bits per heavy atom. The maximum atomic E-state index is 13.5. The van der Waals surface area contributed by atoms with Crippen molar-refractivity contribution in [1.29, 1.82) is 0 Å². The topological polar surface area (TPSA) is 138 Å². The number of hydrogen-bond donors (Lipinski definition) is 2. The molecule has 224 valence electrons. The average Bonchev–Trinajstić information content (AvgIpc) is 3.35. The molecule has 0 saturated carbocycles. The number of ether oxygens (including phenoxy) is 3. The Bertz CT molecular complexity index is 1020. The number of methoxy groups -OCH3 is 3. The molecule has 2 aliphatic heterocycles. The first kappa shape index (κ1) is 32.5. The fourth-order valence-electron chi connectivity index (χ4n) is 4.21. The van der Waals surface area contributed by atoms with E-state index < -0.39 is 12.1 Å². The minimum atomic E-state index is -5.08. The predicted molar refractivity (Wildman–Crippen MR) is 136 cm³/mol. The van der Waals surface area contributed by atoms with Gasteiger partial charge in [-0.1, -0.05) is 0 Å². The summed E-state index contributed by atoms with van der Waals surface area (Å²) in [5.74, 6) is -1.86. The zero-order valence-electron chi connectivity index (χ0n) is 22.7. The van der Waals surface area contributed by atoms with Crippen LogP contribution in [0.3, 0.4) is 0 Å². The molecule has 1 aromatic rings. The first-order valence-corrected chi connectivity index (χ1v) is 12.6. The van der Waals surface area contributed by atoms with E-state index >= 15 is 0 Å². The molecule has 0 radical (unpaired) electrons. The molecule has 1 aromatic carbocycles. The second kappa shape index (κ2) is 15.1. The molecule has 15 heteroatoms. The third kappa shape index (κ3) is 9.17. The highest BCUT2D eigenvalue weighted by Gasteiger charge is 2.38.